The molecule has 192 valence electrons. The number of anilines is 2. The normalized spacial score (nSPS) is 12.0. The SMILES string of the molecule is CN(c1ccccn1)c1ccc(C(Cc2cc[n+]([O-])cc2)c2ccc(OC(F)F)c(OC(F)F)c2)cn1. The molecular weight excluding hydrogens is 492 g/mol. The molecule has 0 saturated heterocycles. The van der Waals surface area contributed by atoms with Crippen molar-refractivity contribution in [2.24, 2.45) is 0 Å². The lowest BCUT2D eigenvalue weighted by atomic mass is 9.86. The van der Waals surface area contributed by atoms with Gasteiger partial charge in [-0.2, -0.15) is 22.3 Å². The Labute approximate surface area is 210 Å². The maximum absolute atomic E-state index is 13.0. The van der Waals surface area contributed by atoms with Crippen molar-refractivity contribution in [1.82, 2.24) is 9.97 Å². The first-order valence-corrected chi connectivity index (χ1v) is 11.1. The van der Waals surface area contributed by atoms with Crippen molar-refractivity contribution in [3.05, 3.63) is 107 Å². The Hall–Kier alpha value is -4.41. The number of hydrogen-bond acceptors (Lipinski definition) is 6. The Kier molecular flexibility index (Phi) is 8.02. The molecule has 0 N–H and O–H groups in total. The van der Waals surface area contributed by atoms with Crippen molar-refractivity contribution in [3.63, 3.8) is 0 Å². The second-order valence-electron chi connectivity index (χ2n) is 7.98. The van der Waals surface area contributed by atoms with Gasteiger partial charge in [-0.3, -0.25) is 0 Å². The number of halogens is 4. The maximum Gasteiger partial charge on any atom is 0.387 e. The molecule has 0 fully saturated rings. The molecule has 0 saturated carbocycles. The highest BCUT2D eigenvalue weighted by Crippen LogP contribution is 2.37. The molecule has 0 amide bonds. The Morgan fingerprint density at radius 3 is 2.14 bits per heavy atom. The number of alkyl halides is 4. The van der Waals surface area contributed by atoms with E-state index in [0.29, 0.717) is 28.4 Å². The molecule has 0 aliphatic rings. The fourth-order valence-electron chi connectivity index (χ4n) is 3.84. The zero-order valence-corrected chi connectivity index (χ0v) is 19.5. The Bertz CT molecular complexity index is 1290. The van der Waals surface area contributed by atoms with Crippen LogP contribution >= 0.6 is 0 Å². The van der Waals surface area contributed by atoms with E-state index in [9.17, 15) is 22.8 Å². The van der Waals surface area contributed by atoms with Gasteiger partial charge in [0.15, 0.2) is 23.9 Å². The first-order valence-electron chi connectivity index (χ1n) is 11.1. The van der Waals surface area contributed by atoms with Gasteiger partial charge in [0.1, 0.15) is 11.6 Å². The summed E-state index contributed by atoms with van der Waals surface area (Å²) in [4.78, 5) is 10.6. The van der Waals surface area contributed by atoms with E-state index in [1.54, 1.807) is 41.6 Å². The largest absolute Gasteiger partial charge is 0.619 e. The smallest absolute Gasteiger partial charge is 0.387 e. The first-order chi connectivity index (χ1) is 17.8. The maximum atomic E-state index is 13.0. The Morgan fingerprint density at radius 2 is 1.51 bits per heavy atom. The van der Waals surface area contributed by atoms with Crippen LogP contribution in [0.25, 0.3) is 0 Å². The van der Waals surface area contributed by atoms with Gasteiger partial charge in [-0.1, -0.05) is 18.2 Å². The van der Waals surface area contributed by atoms with Crippen LogP contribution in [0.15, 0.2) is 85.5 Å². The molecule has 4 rings (SSSR count). The monoisotopic (exact) mass is 514 g/mol. The van der Waals surface area contributed by atoms with Crippen LogP contribution in [0.2, 0.25) is 0 Å². The molecule has 0 radical (unpaired) electrons. The number of benzene rings is 1. The van der Waals surface area contributed by atoms with Gasteiger partial charge in [0.25, 0.3) is 0 Å². The molecule has 1 aromatic carbocycles. The number of pyridine rings is 3. The summed E-state index contributed by atoms with van der Waals surface area (Å²) in [5, 5.41) is 11.5. The van der Waals surface area contributed by atoms with E-state index < -0.39 is 30.6 Å². The molecule has 0 bridgehead atoms. The highest BCUT2D eigenvalue weighted by atomic mass is 19.3. The highest BCUT2D eigenvalue weighted by molar-refractivity contribution is 5.55. The van der Waals surface area contributed by atoms with Crippen molar-refractivity contribution >= 4 is 11.6 Å². The molecule has 37 heavy (non-hydrogen) atoms. The predicted molar refractivity (Wildman–Crippen MR) is 127 cm³/mol. The van der Waals surface area contributed by atoms with Crippen molar-refractivity contribution in [2.75, 3.05) is 11.9 Å². The molecule has 0 spiro atoms. The van der Waals surface area contributed by atoms with Crippen LogP contribution in [0.5, 0.6) is 11.5 Å². The summed E-state index contributed by atoms with van der Waals surface area (Å²) in [6.07, 6.45) is 6.37. The second kappa shape index (κ2) is 11.5. The minimum absolute atomic E-state index is 0.362. The van der Waals surface area contributed by atoms with Crippen LogP contribution < -0.4 is 19.1 Å². The second-order valence-corrected chi connectivity index (χ2v) is 7.98. The van der Waals surface area contributed by atoms with Gasteiger partial charge in [0, 0.05) is 37.5 Å². The van der Waals surface area contributed by atoms with E-state index >= 15 is 0 Å². The van der Waals surface area contributed by atoms with Gasteiger partial charge >= 0.3 is 13.2 Å². The van der Waals surface area contributed by atoms with Crippen molar-refractivity contribution in [3.8, 4) is 11.5 Å². The van der Waals surface area contributed by atoms with Gasteiger partial charge in [-0.15, -0.1) is 0 Å². The van der Waals surface area contributed by atoms with Crippen LogP contribution in [0, 0.1) is 5.21 Å². The predicted octanol–water partition coefficient (Wildman–Crippen LogP) is 5.46. The van der Waals surface area contributed by atoms with Crippen molar-refractivity contribution < 1.29 is 31.8 Å². The standard InChI is InChI=1S/C26H22F4N4O3/c1-33(23-4-2-3-11-31-23)24-8-6-19(16-32-24)20(14-17-9-12-34(35)13-10-17)18-5-7-21(36-25(27)28)22(15-18)37-26(29)30/h2-13,15-16,20,25-26H,14H2,1H3. The summed E-state index contributed by atoms with van der Waals surface area (Å²) in [6, 6.07) is 16.3. The van der Waals surface area contributed by atoms with E-state index in [4.69, 9.17) is 0 Å². The summed E-state index contributed by atoms with van der Waals surface area (Å²) in [6.45, 7) is -6.45. The van der Waals surface area contributed by atoms with E-state index in [-0.39, 0.29) is 0 Å². The van der Waals surface area contributed by atoms with Crippen LogP contribution in [0.1, 0.15) is 22.6 Å². The third-order valence-electron chi connectivity index (χ3n) is 5.62. The molecule has 4 aromatic rings. The molecule has 11 heteroatoms. The lowest BCUT2D eigenvalue weighted by Gasteiger charge is -2.22. The lowest BCUT2D eigenvalue weighted by molar-refractivity contribution is -0.605. The van der Waals surface area contributed by atoms with Gasteiger partial charge in [-0.25, -0.2) is 9.97 Å². The number of nitrogens with zero attached hydrogens (tertiary/aromatic N) is 4. The molecular formula is C26H22F4N4O3. The third kappa shape index (κ3) is 6.63. The molecule has 3 heterocycles. The van der Waals surface area contributed by atoms with Crippen LogP contribution in [-0.4, -0.2) is 30.2 Å². The van der Waals surface area contributed by atoms with Crippen LogP contribution in [-0.2, 0) is 6.42 Å². The zero-order valence-electron chi connectivity index (χ0n) is 19.5. The molecule has 1 atom stereocenters. The van der Waals surface area contributed by atoms with E-state index in [0.717, 1.165) is 11.1 Å². The van der Waals surface area contributed by atoms with Crippen LogP contribution in [0.3, 0.4) is 0 Å². The zero-order chi connectivity index (χ0) is 26.4. The number of aromatic nitrogens is 3. The van der Waals surface area contributed by atoms with E-state index in [2.05, 4.69) is 19.4 Å². The van der Waals surface area contributed by atoms with Crippen molar-refractivity contribution in [2.45, 2.75) is 25.6 Å². The van der Waals surface area contributed by atoms with Crippen molar-refractivity contribution in [1.29, 1.82) is 0 Å². The average Bonchev–Trinajstić information content (AvgIpc) is 2.89. The molecule has 3 aromatic heterocycles. The summed E-state index contributed by atoms with van der Waals surface area (Å²) in [5.74, 6) is -0.142. The summed E-state index contributed by atoms with van der Waals surface area (Å²) in [5.41, 5.74) is 2.02. The average molecular weight is 514 g/mol. The number of ether oxygens (including phenoxy) is 2. The quantitative estimate of drug-likeness (QED) is 0.159. The van der Waals surface area contributed by atoms with Gasteiger partial charge in [0.05, 0.1) is 0 Å². The fourth-order valence-corrected chi connectivity index (χ4v) is 3.84. The summed E-state index contributed by atoms with van der Waals surface area (Å²) >= 11 is 0. The number of rotatable bonds is 10. The summed E-state index contributed by atoms with van der Waals surface area (Å²) in [7, 11) is 1.82. The molecule has 7 nitrogen and oxygen atoms in total. The van der Waals surface area contributed by atoms with E-state index in [1.165, 1.54) is 30.6 Å². The lowest BCUT2D eigenvalue weighted by Crippen LogP contribution is -2.24. The highest BCUT2D eigenvalue weighted by Gasteiger charge is 2.22. The first kappa shape index (κ1) is 25.7. The van der Waals surface area contributed by atoms with Gasteiger partial charge in [0.2, 0.25) is 0 Å². The molecule has 0 aliphatic heterocycles. The third-order valence-corrected chi connectivity index (χ3v) is 5.62. The Morgan fingerprint density at radius 1 is 0.838 bits per heavy atom. The van der Waals surface area contributed by atoms with E-state index in [1.807, 2.05) is 25.2 Å². The molecule has 0 aliphatic carbocycles. The fraction of sp³-hybridized carbons (Fsp3) is 0.192. The minimum Gasteiger partial charge on any atom is -0.619 e. The Balaban J connectivity index is 1.71. The van der Waals surface area contributed by atoms with Crippen LogP contribution in [0.4, 0.5) is 29.2 Å². The number of hydrogen-bond donors (Lipinski definition) is 0. The topological polar surface area (TPSA) is 74.4 Å². The van der Waals surface area contributed by atoms with Gasteiger partial charge < -0.3 is 19.6 Å². The van der Waals surface area contributed by atoms with Gasteiger partial charge in [-0.05, 0) is 53.4 Å². The summed E-state index contributed by atoms with van der Waals surface area (Å²) < 4.78 is 61.1. The molecule has 1 unspecified atom stereocenters. The minimum atomic E-state index is -3.24.